The van der Waals surface area contributed by atoms with Gasteiger partial charge in [0.1, 0.15) is 17.7 Å². The molecular weight excluding hydrogens is 462 g/mol. The van der Waals surface area contributed by atoms with Crippen LogP contribution < -0.4 is 10.6 Å². The molecule has 0 bridgehead atoms. The summed E-state index contributed by atoms with van der Waals surface area (Å²) in [6.07, 6.45) is 5.33. The highest BCUT2D eigenvalue weighted by Crippen LogP contribution is 2.36. The number of nitrogens with one attached hydrogen (secondary N) is 2. The molecule has 0 heterocycles. The lowest BCUT2D eigenvalue weighted by molar-refractivity contribution is -0.143. The molecule has 3 amide bonds. The van der Waals surface area contributed by atoms with Gasteiger partial charge in [0, 0.05) is 12.6 Å². The fraction of sp³-hybridized carbons (Fsp3) is 0.667. The lowest BCUT2D eigenvalue weighted by atomic mass is 9.98. The molecule has 7 nitrogen and oxygen atoms in total. The molecular formula is C27H43N3O4S. The largest absolute Gasteiger partial charge is 0.444 e. The van der Waals surface area contributed by atoms with Crippen LogP contribution in [0.5, 0.6) is 0 Å². The van der Waals surface area contributed by atoms with Gasteiger partial charge in [0.2, 0.25) is 11.8 Å². The molecule has 1 aromatic carbocycles. The molecule has 2 atom stereocenters. The molecule has 1 fully saturated rings. The van der Waals surface area contributed by atoms with Gasteiger partial charge in [-0.05, 0) is 89.0 Å². The van der Waals surface area contributed by atoms with Gasteiger partial charge >= 0.3 is 6.09 Å². The molecule has 1 aromatic rings. The Kier molecular flexibility index (Phi) is 10.9. The number of alkyl carbamates (subject to hydrolysis) is 1. The van der Waals surface area contributed by atoms with Crippen LogP contribution in [0.25, 0.3) is 0 Å². The number of carbonyl (C=O) groups excluding carboxylic acids is 3. The first-order valence-electron chi connectivity index (χ1n) is 12.6. The number of nitrogens with zero attached hydrogens (tertiary/aromatic N) is 1. The normalized spacial score (nSPS) is 15.2. The van der Waals surface area contributed by atoms with E-state index in [2.05, 4.69) is 17.6 Å². The number of unbranched alkanes of at least 4 members (excludes halogenated alkanes) is 1. The number of benzene rings is 1. The Hall–Kier alpha value is -2.22. The zero-order valence-electron chi connectivity index (χ0n) is 22.4. The van der Waals surface area contributed by atoms with Crippen molar-refractivity contribution in [2.75, 3.05) is 18.6 Å². The van der Waals surface area contributed by atoms with Crippen molar-refractivity contribution in [2.45, 2.75) is 97.4 Å². The number of carbonyl (C=O) groups is 3. The summed E-state index contributed by atoms with van der Waals surface area (Å²) in [5, 5.41) is 5.83. The number of thioether (sulfide) groups is 1. The number of aryl methyl sites for hydroxylation is 2. The lowest BCUT2D eigenvalue weighted by Crippen LogP contribution is -2.54. The van der Waals surface area contributed by atoms with Gasteiger partial charge in [-0.3, -0.25) is 9.59 Å². The van der Waals surface area contributed by atoms with Gasteiger partial charge in [-0.1, -0.05) is 31.5 Å². The number of ether oxygens (including phenoxy) is 1. The molecule has 2 rings (SSSR count). The Morgan fingerprint density at radius 1 is 1.17 bits per heavy atom. The summed E-state index contributed by atoms with van der Waals surface area (Å²) in [6.45, 7) is 12.1. The van der Waals surface area contributed by atoms with E-state index in [4.69, 9.17) is 4.74 Å². The van der Waals surface area contributed by atoms with Gasteiger partial charge in [0.05, 0.1) is 0 Å². The van der Waals surface area contributed by atoms with E-state index in [1.807, 2.05) is 38.3 Å². The molecule has 0 aromatic heterocycles. The van der Waals surface area contributed by atoms with Gasteiger partial charge in [-0.25, -0.2) is 4.79 Å². The van der Waals surface area contributed by atoms with E-state index in [0.29, 0.717) is 18.7 Å². The maximum Gasteiger partial charge on any atom is 0.408 e. The third-order valence-corrected chi connectivity index (χ3v) is 6.64. The Bertz CT molecular complexity index is 880. The molecule has 2 unspecified atom stereocenters. The fourth-order valence-corrected chi connectivity index (χ4v) is 4.32. The van der Waals surface area contributed by atoms with Crippen LogP contribution in [0.2, 0.25) is 0 Å². The van der Waals surface area contributed by atoms with Crippen molar-refractivity contribution in [1.29, 1.82) is 0 Å². The summed E-state index contributed by atoms with van der Waals surface area (Å²) in [6, 6.07) is 4.39. The average molecular weight is 506 g/mol. The van der Waals surface area contributed by atoms with Crippen LogP contribution >= 0.6 is 11.8 Å². The van der Waals surface area contributed by atoms with E-state index < -0.39 is 23.8 Å². The summed E-state index contributed by atoms with van der Waals surface area (Å²) in [5.41, 5.74) is 2.33. The van der Waals surface area contributed by atoms with Gasteiger partial charge in [0.25, 0.3) is 0 Å². The third kappa shape index (κ3) is 9.06. The predicted octanol–water partition coefficient (Wildman–Crippen LogP) is 4.90. The lowest BCUT2D eigenvalue weighted by Gasteiger charge is -2.35. The minimum Gasteiger partial charge on any atom is -0.444 e. The highest BCUT2D eigenvalue weighted by Gasteiger charge is 2.44. The summed E-state index contributed by atoms with van der Waals surface area (Å²) in [7, 11) is 0. The van der Waals surface area contributed by atoms with E-state index in [-0.39, 0.29) is 17.9 Å². The van der Waals surface area contributed by atoms with Crippen molar-refractivity contribution in [2.24, 2.45) is 0 Å². The van der Waals surface area contributed by atoms with Gasteiger partial charge < -0.3 is 20.3 Å². The molecule has 35 heavy (non-hydrogen) atoms. The molecule has 0 radical (unpaired) electrons. The Labute approximate surface area is 215 Å². The van der Waals surface area contributed by atoms with Crippen LogP contribution in [-0.2, 0) is 14.3 Å². The molecule has 0 spiro atoms. The van der Waals surface area contributed by atoms with Crippen molar-refractivity contribution in [3.05, 3.63) is 34.9 Å². The van der Waals surface area contributed by atoms with Crippen LogP contribution in [0, 0.1) is 13.8 Å². The molecule has 2 N–H and O–H groups in total. The smallest absolute Gasteiger partial charge is 0.408 e. The van der Waals surface area contributed by atoms with Crippen LogP contribution in [0.1, 0.15) is 82.5 Å². The zero-order chi connectivity index (χ0) is 26.2. The standard InChI is InChI=1S/C27H43N3O4S/c1-8-9-15-28-24(31)23(20-11-10-18(2)19(3)17-20)30(21-12-13-21)25(32)22(14-16-35-7)29-26(33)34-27(4,5)6/h10-11,17,21-23H,8-9,12-16H2,1-7H3,(H,28,31)(H,29,33). The second kappa shape index (κ2) is 13.2. The number of amides is 3. The zero-order valence-corrected chi connectivity index (χ0v) is 23.2. The second-order valence-electron chi connectivity index (χ2n) is 10.3. The molecule has 0 saturated heterocycles. The number of hydrogen-bond donors (Lipinski definition) is 2. The van der Waals surface area contributed by atoms with Gasteiger partial charge in [-0.2, -0.15) is 11.8 Å². The van der Waals surface area contributed by atoms with Crippen molar-refractivity contribution in [1.82, 2.24) is 15.5 Å². The highest BCUT2D eigenvalue weighted by atomic mass is 32.2. The first-order valence-corrected chi connectivity index (χ1v) is 14.0. The second-order valence-corrected chi connectivity index (χ2v) is 11.3. The summed E-state index contributed by atoms with van der Waals surface area (Å²) in [5.74, 6) is 0.283. The van der Waals surface area contributed by atoms with Crippen molar-refractivity contribution in [3.8, 4) is 0 Å². The maximum absolute atomic E-state index is 14.0. The molecule has 0 aliphatic heterocycles. The number of rotatable bonds is 12. The van der Waals surface area contributed by atoms with E-state index in [1.54, 1.807) is 37.4 Å². The predicted molar refractivity (Wildman–Crippen MR) is 143 cm³/mol. The molecule has 1 aliphatic rings. The van der Waals surface area contributed by atoms with E-state index in [1.165, 1.54) is 0 Å². The molecule has 1 aliphatic carbocycles. The highest BCUT2D eigenvalue weighted by molar-refractivity contribution is 7.98. The Balaban J connectivity index is 2.41. The molecule has 196 valence electrons. The minimum atomic E-state index is -0.768. The van der Waals surface area contributed by atoms with Crippen LogP contribution in [0.3, 0.4) is 0 Å². The summed E-state index contributed by atoms with van der Waals surface area (Å²) >= 11 is 1.61. The first kappa shape index (κ1) is 29.0. The van der Waals surface area contributed by atoms with Crippen LogP contribution in [0.15, 0.2) is 18.2 Å². The fourth-order valence-electron chi connectivity index (χ4n) is 3.85. The monoisotopic (exact) mass is 505 g/mol. The topological polar surface area (TPSA) is 87.7 Å². The maximum atomic E-state index is 14.0. The summed E-state index contributed by atoms with van der Waals surface area (Å²) < 4.78 is 5.43. The SMILES string of the molecule is CCCCNC(=O)C(c1ccc(C)c(C)c1)N(C(=O)C(CCSC)NC(=O)OC(C)(C)C)C1CC1. The Morgan fingerprint density at radius 2 is 1.86 bits per heavy atom. The van der Waals surface area contributed by atoms with Crippen molar-refractivity contribution in [3.63, 3.8) is 0 Å². The third-order valence-electron chi connectivity index (χ3n) is 6.00. The number of hydrogen-bond acceptors (Lipinski definition) is 5. The first-order chi connectivity index (χ1) is 16.5. The minimum absolute atomic E-state index is 0.0248. The van der Waals surface area contributed by atoms with Gasteiger partial charge in [0.15, 0.2) is 0 Å². The quantitative estimate of drug-likeness (QED) is 0.395. The molecule has 1 saturated carbocycles. The van der Waals surface area contributed by atoms with Crippen molar-refractivity contribution >= 4 is 29.7 Å². The summed E-state index contributed by atoms with van der Waals surface area (Å²) in [4.78, 5) is 41.8. The van der Waals surface area contributed by atoms with E-state index in [0.717, 1.165) is 42.4 Å². The van der Waals surface area contributed by atoms with Crippen molar-refractivity contribution < 1.29 is 19.1 Å². The van der Waals surface area contributed by atoms with Crippen LogP contribution in [0.4, 0.5) is 4.79 Å². The van der Waals surface area contributed by atoms with E-state index >= 15 is 0 Å². The average Bonchev–Trinajstić information content (AvgIpc) is 3.60. The van der Waals surface area contributed by atoms with Crippen LogP contribution in [-0.4, -0.2) is 59.0 Å². The van der Waals surface area contributed by atoms with Gasteiger partial charge in [-0.15, -0.1) is 0 Å². The molecule has 8 heteroatoms. The Morgan fingerprint density at radius 3 is 2.40 bits per heavy atom. The van der Waals surface area contributed by atoms with E-state index in [9.17, 15) is 14.4 Å².